The van der Waals surface area contributed by atoms with Crippen LogP contribution in [-0.2, 0) is 0 Å². The summed E-state index contributed by atoms with van der Waals surface area (Å²) in [5.74, 6) is 1.71. The zero-order valence-electron chi connectivity index (χ0n) is 11.1. The number of hydrogen-bond donors (Lipinski definition) is 1. The van der Waals surface area contributed by atoms with Crippen LogP contribution in [-0.4, -0.2) is 17.1 Å². The SMILES string of the molecule is COc1ccc(N)c(Oc2ncnc3c(C)csc23)c1. The van der Waals surface area contributed by atoms with Crippen LogP contribution in [0.5, 0.6) is 17.4 Å². The summed E-state index contributed by atoms with van der Waals surface area (Å²) in [6.45, 7) is 2.01. The number of anilines is 1. The van der Waals surface area contributed by atoms with Gasteiger partial charge in [-0.2, -0.15) is 0 Å². The predicted molar refractivity (Wildman–Crippen MR) is 79.6 cm³/mol. The summed E-state index contributed by atoms with van der Waals surface area (Å²) < 4.78 is 11.9. The molecule has 0 unspecified atom stereocenters. The second-order valence-corrected chi connectivity index (χ2v) is 5.16. The molecule has 5 nitrogen and oxygen atoms in total. The summed E-state index contributed by atoms with van der Waals surface area (Å²) in [6, 6.07) is 5.27. The van der Waals surface area contributed by atoms with E-state index in [4.69, 9.17) is 15.2 Å². The van der Waals surface area contributed by atoms with E-state index >= 15 is 0 Å². The van der Waals surface area contributed by atoms with E-state index in [1.165, 1.54) is 6.33 Å². The third-order valence-corrected chi connectivity index (χ3v) is 4.00. The molecule has 0 spiro atoms. The van der Waals surface area contributed by atoms with Gasteiger partial charge in [0.1, 0.15) is 16.8 Å². The highest BCUT2D eigenvalue weighted by molar-refractivity contribution is 7.17. The molecule has 102 valence electrons. The molecule has 0 aliphatic carbocycles. The van der Waals surface area contributed by atoms with Gasteiger partial charge in [-0.15, -0.1) is 11.3 Å². The molecule has 0 saturated carbocycles. The molecule has 2 heterocycles. The van der Waals surface area contributed by atoms with Gasteiger partial charge in [0.25, 0.3) is 0 Å². The van der Waals surface area contributed by atoms with Crippen molar-refractivity contribution < 1.29 is 9.47 Å². The molecule has 2 N–H and O–H groups in total. The molecule has 0 amide bonds. The van der Waals surface area contributed by atoms with Crippen molar-refractivity contribution in [2.24, 2.45) is 0 Å². The first kappa shape index (κ1) is 12.7. The molecule has 3 rings (SSSR count). The number of thiophene rings is 1. The molecule has 6 heteroatoms. The Hall–Kier alpha value is -2.34. The Kier molecular flexibility index (Phi) is 3.15. The van der Waals surface area contributed by atoms with Crippen LogP contribution in [0.4, 0.5) is 5.69 Å². The highest BCUT2D eigenvalue weighted by Crippen LogP contribution is 2.36. The molecule has 0 saturated heterocycles. The van der Waals surface area contributed by atoms with Crippen molar-refractivity contribution in [3.05, 3.63) is 35.5 Å². The molecule has 3 aromatic rings. The number of ether oxygens (including phenoxy) is 2. The fourth-order valence-electron chi connectivity index (χ4n) is 1.85. The maximum atomic E-state index is 5.92. The van der Waals surface area contributed by atoms with E-state index in [0.717, 1.165) is 15.8 Å². The van der Waals surface area contributed by atoms with Crippen LogP contribution in [0.3, 0.4) is 0 Å². The Morgan fingerprint density at radius 2 is 2.10 bits per heavy atom. The Balaban J connectivity index is 2.05. The molecule has 20 heavy (non-hydrogen) atoms. The third-order valence-electron chi connectivity index (χ3n) is 2.93. The predicted octanol–water partition coefficient (Wildman–Crippen LogP) is 3.38. The van der Waals surface area contributed by atoms with E-state index in [-0.39, 0.29) is 0 Å². The van der Waals surface area contributed by atoms with E-state index in [1.54, 1.807) is 36.6 Å². The molecule has 0 aliphatic rings. The second kappa shape index (κ2) is 4.97. The van der Waals surface area contributed by atoms with Crippen LogP contribution >= 0.6 is 11.3 Å². The largest absolute Gasteiger partial charge is 0.497 e. The lowest BCUT2D eigenvalue weighted by molar-refractivity contribution is 0.408. The molecule has 0 atom stereocenters. The van der Waals surface area contributed by atoms with E-state index in [9.17, 15) is 0 Å². The van der Waals surface area contributed by atoms with E-state index < -0.39 is 0 Å². The quantitative estimate of drug-likeness (QED) is 0.748. The van der Waals surface area contributed by atoms with Crippen molar-refractivity contribution >= 4 is 27.2 Å². The van der Waals surface area contributed by atoms with Gasteiger partial charge in [0.05, 0.1) is 18.3 Å². The van der Waals surface area contributed by atoms with Gasteiger partial charge in [0, 0.05) is 6.07 Å². The van der Waals surface area contributed by atoms with Gasteiger partial charge in [-0.05, 0) is 30.0 Å². The van der Waals surface area contributed by atoms with E-state index in [2.05, 4.69) is 9.97 Å². The molecule has 0 aliphatic heterocycles. The molecule has 0 radical (unpaired) electrons. The molecule has 0 bridgehead atoms. The van der Waals surface area contributed by atoms with Crippen molar-refractivity contribution in [1.82, 2.24) is 9.97 Å². The second-order valence-electron chi connectivity index (χ2n) is 4.28. The van der Waals surface area contributed by atoms with Gasteiger partial charge in [0.15, 0.2) is 5.75 Å². The third kappa shape index (κ3) is 2.14. The minimum Gasteiger partial charge on any atom is -0.497 e. The number of nitrogens with two attached hydrogens (primary N) is 1. The summed E-state index contributed by atoms with van der Waals surface area (Å²) in [7, 11) is 1.60. The first-order valence-corrected chi connectivity index (χ1v) is 6.87. The summed E-state index contributed by atoms with van der Waals surface area (Å²) in [5.41, 5.74) is 8.47. The van der Waals surface area contributed by atoms with Gasteiger partial charge < -0.3 is 15.2 Å². The molecule has 2 aromatic heterocycles. The zero-order chi connectivity index (χ0) is 14.1. The Labute approximate surface area is 120 Å². The van der Waals surface area contributed by atoms with Gasteiger partial charge in [-0.3, -0.25) is 0 Å². The summed E-state index contributed by atoms with van der Waals surface area (Å²) >= 11 is 1.55. The zero-order valence-corrected chi connectivity index (χ0v) is 11.9. The van der Waals surface area contributed by atoms with Crippen molar-refractivity contribution in [2.45, 2.75) is 6.92 Å². The summed E-state index contributed by atoms with van der Waals surface area (Å²) in [5, 5.41) is 2.03. The number of methoxy groups -OCH3 is 1. The van der Waals surface area contributed by atoms with E-state index in [0.29, 0.717) is 23.1 Å². The first-order valence-electron chi connectivity index (χ1n) is 5.99. The normalized spacial score (nSPS) is 10.7. The summed E-state index contributed by atoms with van der Waals surface area (Å²) in [6.07, 6.45) is 1.49. The number of aryl methyl sites for hydroxylation is 1. The fourth-order valence-corrected chi connectivity index (χ4v) is 2.78. The number of hydrogen-bond acceptors (Lipinski definition) is 6. The van der Waals surface area contributed by atoms with Crippen LogP contribution in [0.2, 0.25) is 0 Å². The average Bonchev–Trinajstić information content (AvgIpc) is 2.84. The van der Waals surface area contributed by atoms with Gasteiger partial charge in [-0.1, -0.05) is 0 Å². The molecule has 0 fully saturated rings. The summed E-state index contributed by atoms with van der Waals surface area (Å²) in [4.78, 5) is 8.46. The standard InChI is InChI=1S/C14H13N3O2S/c1-8-6-20-13-12(8)16-7-17-14(13)19-11-5-9(18-2)3-4-10(11)15/h3-7H,15H2,1-2H3. The number of aromatic nitrogens is 2. The van der Waals surface area contributed by atoms with Gasteiger partial charge in [-0.25, -0.2) is 9.97 Å². The molecular formula is C14H13N3O2S. The number of nitrogen functional groups attached to an aromatic ring is 1. The minimum atomic E-state index is 0.507. The Morgan fingerprint density at radius 1 is 1.25 bits per heavy atom. The number of benzene rings is 1. The van der Waals surface area contributed by atoms with Crippen molar-refractivity contribution in [1.29, 1.82) is 0 Å². The number of nitrogens with zero attached hydrogens (tertiary/aromatic N) is 2. The highest BCUT2D eigenvalue weighted by Gasteiger charge is 2.12. The van der Waals surface area contributed by atoms with E-state index in [1.807, 2.05) is 12.3 Å². The topological polar surface area (TPSA) is 70.3 Å². The Bertz CT molecular complexity index is 770. The average molecular weight is 287 g/mol. The monoisotopic (exact) mass is 287 g/mol. The fraction of sp³-hybridized carbons (Fsp3) is 0.143. The van der Waals surface area contributed by atoms with Crippen molar-refractivity contribution in [3.63, 3.8) is 0 Å². The smallest absolute Gasteiger partial charge is 0.240 e. The van der Waals surface area contributed by atoms with Crippen LogP contribution in [0.1, 0.15) is 5.56 Å². The lowest BCUT2D eigenvalue weighted by Crippen LogP contribution is -1.95. The lowest BCUT2D eigenvalue weighted by atomic mass is 10.3. The maximum Gasteiger partial charge on any atom is 0.240 e. The molecular weight excluding hydrogens is 274 g/mol. The number of fused-ring (bicyclic) bond motifs is 1. The van der Waals surface area contributed by atoms with Crippen LogP contribution in [0, 0.1) is 6.92 Å². The van der Waals surface area contributed by atoms with Crippen LogP contribution in [0.25, 0.3) is 10.2 Å². The minimum absolute atomic E-state index is 0.507. The Morgan fingerprint density at radius 3 is 2.90 bits per heavy atom. The van der Waals surface area contributed by atoms with Crippen LogP contribution < -0.4 is 15.2 Å². The first-order chi connectivity index (χ1) is 9.69. The lowest BCUT2D eigenvalue weighted by Gasteiger charge is -2.09. The van der Waals surface area contributed by atoms with Gasteiger partial charge >= 0.3 is 0 Å². The highest BCUT2D eigenvalue weighted by atomic mass is 32.1. The van der Waals surface area contributed by atoms with Crippen LogP contribution in [0.15, 0.2) is 29.9 Å². The van der Waals surface area contributed by atoms with Crippen molar-refractivity contribution in [2.75, 3.05) is 12.8 Å². The molecule has 1 aromatic carbocycles. The number of rotatable bonds is 3. The van der Waals surface area contributed by atoms with Crippen molar-refractivity contribution in [3.8, 4) is 17.4 Å². The van der Waals surface area contributed by atoms with Gasteiger partial charge in [0.2, 0.25) is 5.88 Å². The maximum absolute atomic E-state index is 5.92.